The summed E-state index contributed by atoms with van der Waals surface area (Å²) in [5, 5.41) is 0. The van der Waals surface area contributed by atoms with Crippen LogP contribution in [-0.4, -0.2) is 43.2 Å². The fourth-order valence-corrected chi connectivity index (χ4v) is 2.61. The van der Waals surface area contributed by atoms with Crippen molar-refractivity contribution < 1.29 is 14.3 Å². The molecule has 0 aromatic heterocycles. The maximum atomic E-state index is 12.7. The van der Waals surface area contributed by atoms with Gasteiger partial charge in [-0.2, -0.15) is 0 Å². The molecule has 0 radical (unpaired) electrons. The number of nitrogen functional groups attached to an aromatic ring is 1. The molecule has 1 heterocycles. The lowest BCUT2D eigenvalue weighted by molar-refractivity contribution is 0.0572. The van der Waals surface area contributed by atoms with E-state index in [0.717, 1.165) is 6.42 Å². The lowest BCUT2D eigenvalue weighted by Crippen LogP contribution is -2.41. The third-order valence-electron chi connectivity index (χ3n) is 3.73. The molecule has 0 saturated carbocycles. The summed E-state index contributed by atoms with van der Waals surface area (Å²) in [5.74, 6) is 0.421. The maximum absolute atomic E-state index is 12.7. The summed E-state index contributed by atoms with van der Waals surface area (Å²) >= 11 is 0. The molecule has 5 heteroatoms. The summed E-state index contributed by atoms with van der Waals surface area (Å²) in [6.07, 6.45) is 0.893. The van der Waals surface area contributed by atoms with Crippen LogP contribution in [-0.2, 0) is 4.74 Å². The minimum absolute atomic E-state index is 0.0458. The van der Waals surface area contributed by atoms with Gasteiger partial charge in [0.2, 0.25) is 0 Å². The largest absolute Gasteiger partial charge is 0.493 e. The maximum Gasteiger partial charge on any atom is 0.259 e. The molecule has 20 heavy (non-hydrogen) atoms. The Hall–Kier alpha value is -1.75. The first-order valence-corrected chi connectivity index (χ1v) is 6.96. The molecular weight excluding hydrogens is 256 g/mol. The van der Waals surface area contributed by atoms with Gasteiger partial charge < -0.3 is 20.1 Å². The third kappa shape index (κ3) is 2.72. The van der Waals surface area contributed by atoms with Crippen LogP contribution in [0.25, 0.3) is 0 Å². The first-order valence-electron chi connectivity index (χ1n) is 6.96. The van der Waals surface area contributed by atoms with Gasteiger partial charge in [0.1, 0.15) is 11.3 Å². The van der Waals surface area contributed by atoms with Gasteiger partial charge in [-0.15, -0.1) is 0 Å². The Morgan fingerprint density at radius 2 is 2.30 bits per heavy atom. The molecule has 110 valence electrons. The Balaban J connectivity index is 2.28. The van der Waals surface area contributed by atoms with Crippen molar-refractivity contribution in [3.8, 4) is 5.75 Å². The number of nitrogens with two attached hydrogens (primary N) is 1. The molecule has 2 atom stereocenters. The van der Waals surface area contributed by atoms with Gasteiger partial charge in [0, 0.05) is 19.3 Å². The van der Waals surface area contributed by atoms with E-state index in [0.29, 0.717) is 30.2 Å². The Morgan fingerprint density at radius 3 is 2.90 bits per heavy atom. The van der Waals surface area contributed by atoms with Gasteiger partial charge in [-0.1, -0.05) is 6.07 Å². The van der Waals surface area contributed by atoms with Crippen LogP contribution in [0.1, 0.15) is 30.6 Å². The predicted molar refractivity (Wildman–Crippen MR) is 77.9 cm³/mol. The van der Waals surface area contributed by atoms with Crippen LogP contribution in [0.4, 0.5) is 5.69 Å². The van der Waals surface area contributed by atoms with Gasteiger partial charge in [-0.05, 0) is 32.4 Å². The van der Waals surface area contributed by atoms with E-state index in [1.54, 1.807) is 30.1 Å². The average Bonchev–Trinajstić information content (AvgIpc) is 2.84. The minimum atomic E-state index is -0.117. The molecule has 1 amide bonds. The fourth-order valence-electron chi connectivity index (χ4n) is 2.61. The van der Waals surface area contributed by atoms with Crippen LogP contribution < -0.4 is 10.5 Å². The summed E-state index contributed by atoms with van der Waals surface area (Å²) in [6.45, 7) is 5.05. The second-order valence-electron chi connectivity index (χ2n) is 5.00. The van der Waals surface area contributed by atoms with Crippen molar-refractivity contribution >= 4 is 11.6 Å². The molecule has 1 aliphatic heterocycles. The predicted octanol–water partition coefficient (Wildman–Crippen LogP) is 1.92. The Labute approximate surface area is 119 Å². The van der Waals surface area contributed by atoms with Crippen LogP contribution >= 0.6 is 0 Å². The summed E-state index contributed by atoms with van der Waals surface area (Å²) in [5.41, 5.74) is 6.85. The average molecular weight is 278 g/mol. The molecule has 0 spiro atoms. The highest BCUT2D eigenvalue weighted by Gasteiger charge is 2.32. The molecule has 0 bridgehead atoms. The van der Waals surface area contributed by atoms with Crippen molar-refractivity contribution in [1.29, 1.82) is 0 Å². The number of amides is 1. The molecule has 1 aliphatic rings. The molecule has 2 N–H and O–H groups in total. The van der Waals surface area contributed by atoms with Crippen LogP contribution in [0, 0.1) is 0 Å². The number of anilines is 1. The summed E-state index contributed by atoms with van der Waals surface area (Å²) in [4.78, 5) is 14.4. The van der Waals surface area contributed by atoms with E-state index in [2.05, 4.69) is 0 Å². The number of benzene rings is 1. The number of carbonyl (C=O) groups excluding carboxylic acids is 1. The molecule has 1 aromatic rings. The first kappa shape index (κ1) is 14.7. The van der Waals surface area contributed by atoms with Crippen LogP contribution in [0.2, 0.25) is 0 Å². The molecule has 1 aromatic carbocycles. The quantitative estimate of drug-likeness (QED) is 0.855. The zero-order valence-corrected chi connectivity index (χ0v) is 12.3. The summed E-state index contributed by atoms with van der Waals surface area (Å²) in [7, 11) is 1.79. The van der Waals surface area contributed by atoms with Gasteiger partial charge in [-0.25, -0.2) is 0 Å². The number of rotatable bonds is 4. The zero-order chi connectivity index (χ0) is 14.7. The third-order valence-corrected chi connectivity index (χ3v) is 3.73. The molecule has 1 saturated heterocycles. The van der Waals surface area contributed by atoms with Gasteiger partial charge >= 0.3 is 0 Å². The number of nitrogens with zero attached hydrogens (tertiary/aromatic N) is 1. The van der Waals surface area contributed by atoms with E-state index >= 15 is 0 Å². The van der Waals surface area contributed by atoms with Crippen LogP contribution in [0.5, 0.6) is 5.75 Å². The molecule has 2 rings (SSSR count). The number of hydrogen-bond donors (Lipinski definition) is 1. The second-order valence-corrected chi connectivity index (χ2v) is 5.00. The van der Waals surface area contributed by atoms with Gasteiger partial charge in [0.15, 0.2) is 0 Å². The minimum Gasteiger partial charge on any atom is -0.493 e. The second kappa shape index (κ2) is 6.13. The van der Waals surface area contributed by atoms with Crippen molar-refractivity contribution in [1.82, 2.24) is 4.90 Å². The molecule has 1 fully saturated rings. The number of likely N-dealkylation sites (N-methyl/N-ethyl adjacent to an activating group) is 1. The SMILES string of the molecule is CCOc1cccc(N)c1C(=O)N(C)C1CCOC1C. The van der Waals surface area contributed by atoms with E-state index in [1.807, 2.05) is 13.8 Å². The number of carbonyl (C=O) groups is 1. The normalized spacial score (nSPS) is 21.8. The molecular formula is C15H22N2O3. The van der Waals surface area contributed by atoms with Crippen molar-refractivity contribution in [2.75, 3.05) is 26.0 Å². The lowest BCUT2D eigenvalue weighted by atomic mass is 10.1. The summed E-state index contributed by atoms with van der Waals surface area (Å²) in [6, 6.07) is 5.36. The summed E-state index contributed by atoms with van der Waals surface area (Å²) < 4.78 is 11.0. The highest BCUT2D eigenvalue weighted by atomic mass is 16.5. The van der Waals surface area contributed by atoms with Crippen molar-refractivity contribution in [2.24, 2.45) is 0 Å². The first-order chi connectivity index (χ1) is 9.56. The van der Waals surface area contributed by atoms with Crippen LogP contribution in [0.15, 0.2) is 18.2 Å². The van der Waals surface area contributed by atoms with Gasteiger partial charge in [0.05, 0.1) is 18.8 Å². The monoisotopic (exact) mass is 278 g/mol. The highest BCUT2D eigenvalue weighted by molar-refractivity contribution is 6.02. The fraction of sp³-hybridized carbons (Fsp3) is 0.533. The number of hydrogen-bond acceptors (Lipinski definition) is 4. The van der Waals surface area contributed by atoms with Crippen molar-refractivity contribution in [3.63, 3.8) is 0 Å². The topological polar surface area (TPSA) is 64.8 Å². The smallest absolute Gasteiger partial charge is 0.259 e. The zero-order valence-electron chi connectivity index (χ0n) is 12.3. The van der Waals surface area contributed by atoms with Crippen molar-refractivity contribution in [2.45, 2.75) is 32.4 Å². The molecule has 0 aliphatic carbocycles. The van der Waals surface area contributed by atoms with Gasteiger partial charge in [0.25, 0.3) is 5.91 Å². The lowest BCUT2D eigenvalue weighted by Gasteiger charge is -2.28. The van der Waals surface area contributed by atoms with Crippen molar-refractivity contribution in [3.05, 3.63) is 23.8 Å². The Bertz CT molecular complexity index is 490. The van der Waals surface area contributed by atoms with Gasteiger partial charge in [-0.3, -0.25) is 4.79 Å². The Kier molecular flexibility index (Phi) is 4.49. The van der Waals surface area contributed by atoms with E-state index < -0.39 is 0 Å². The standard InChI is InChI=1S/C15H22N2O3/c1-4-19-13-7-5-6-11(16)14(13)15(18)17(3)12-8-9-20-10(12)2/h5-7,10,12H,4,8-9,16H2,1-3H3. The highest BCUT2D eigenvalue weighted by Crippen LogP contribution is 2.28. The molecule has 2 unspecified atom stereocenters. The Morgan fingerprint density at radius 1 is 1.55 bits per heavy atom. The van der Waals surface area contributed by atoms with E-state index in [-0.39, 0.29) is 18.1 Å². The van der Waals surface area contributed by atoms with E-state index in [1.165, 1.54) is 0 Å². The van der Waals surface area contributed by atoms with E-state index in [4.69, 9.17) is 15.2 Å². The van der Waals surface area contributed by atoms with E-state index in [9.17, 15) is 4.79 Å². The van der Waals surface area contributed by atoms with Crippen LogP contribution in [0.3, 0.4) is 0 Å². The molecule has 5 nitrogen and oxygen atoms in total. The number of ether oxygens (including phenoxy) is 2.